The maximum Gasteiger partial charge on any atom is 0.231 e. The van der Waals surface area contributed by atoms with Crippen LogP contribution in [0.15, 0.2) is 65.9 Å². The first-order valence-corrected chi connectivity index (χ1v) is 9.55. The molecule has 1 aliphatic rings. The lowest BCUT2D eigenvalue weighted by Crippen LogP contribution is -2.14. The van der Waals surface area contributed by atoms with Crippen LogP contribution in [0.2, 0.25) is 0 Å². The summed E-state index contributed by atoms with van der Waals surface area (Å²) in [6.45, 7) is 1.02. The van der Waals surface area contributed by atoms with Gasteiger partial charge in [0.25, 0.3) is 0 Å². The first-order chi connectivity index (χ1) is 15.2. The number of benzene rings is 2. The highest BCUT2D eigenvalue weighted by atomic mass is 19.1. The molecule has 2 heterocycles. The highest BCUT2D eigenvalue weighted by molar-refractivity contribution is 5.96. The maximum atomic E-state index is 12.9. The van der Waals surface area contributed by atoms with E-state index in [1.807, 2.05) is 12.1 Å². The third-order valence-electron chi connectivity index (χ3n) is 4.22. The number of oxime groups is 1. The average Bonchev–Trinajstić information content (AvgIpc) is 3.26. The minimum Gasteiger partial charge on any atom is -0.493 e. The van der Waals surface area contributed by atoms with Crippen LogP contribution in [0.4, 0.5) is 4.39 Å². The summed E-state index contributed by atoms with van der Waals surface area (Å²) in [5.74, 6) is 2.77. The van der Waals surface area contributed by atoms with Crippen LogP contribution in [0.1, 0.15) is 12.0 Å². The fourth-order valence-electron chi connectivity index (χ4n) is 2.66. The lowest BCUT2D eigenvalue weighted by molar-refractivity contribution is 0.127. The smallest absolute Gasteiger partial charge is 0.231 e. The molecule has 0 saturated carbocycles. The van der Waals surface area contributed by atoms with Gasteiger partial charge in [-0.15, -0.1) is 0 Å². The molecule has 0 bridgehead atoms. The van der Waals surface area contributed by atoms with E-state index in [-0.39, 0.29) is 18.4 Å². The molecule has 2 N–H and O–H groups in total. The number of hydrogen-bond acceptors (Lipinski definition) is 7. The summed E-state index contributed by atoms with van der Waals surface area (Å²) in [6.07, 6.45) is 2.14. The van der Waals surface area contributed by atoms with Crippen LogP contribution in [0.5, 0.6) is 28.9 Å². The molecule has 8 nitrogen and oxygen atoms in total. The van der Waals surface area contributed by atoms with Crippen molar-refractivity contribution in [1.82, 2.24) is 4.98 Å². The Morgan fingerprint density at radius 2 is 1.81 bits per heavy atom. The largest absolute Gasteiger partial charge is 0.493 e. The van der Waals surface area contributed by atoms with Crippen LogP contribution < -0.4 is 24.7 Å². The van der Waals surface area contributed by atoms with Crippen LogP contribution in [0.25, 0.3) is 0 Å². The molecule has 0 aliphatic carbocycles. The van der Waals surface area contributed by atoms with Gasteiger partial charge in [0, 0.05) is 30.3 Å². The van der Waals surface area contributed by atoms with Crippen molar-refractivity contribution in [3.8, 4) is 28.9 Å². The number of ether oxygens (including phenoxy) is 4. The molecule has 31 heavy (non-hydrogen) atoms. The van der Waals surface area contributed by atoms with Crippen molar-refractivity contribution in [2.45, 2.75) is 6.42 Å². The number of hydrogen-bond donors (Lipinski definition) is 1. The van der Waals surface area contributed by atoms with Crippen molar-refractivity contribution in [3.05, 3.63) is 72.2 Å². The van der Waals surface area contributed by atoms with Gasteiger partial charge in [-0.1, -0.05) is 5.16 Å². The normalized spacial score (nSPS) is 12.5. The second-order valence-corrected chi connectivity index (χ2v) is 6.47. The van der Waals surface area contributed by atoms with Crippen LogP contribution in [-0.4, -0.2) is 30.8 Å². The minimum atomic E-state index is -0.334. The predicted octanol–water partition coefficient (Wildman–Crippen LogP) is 3.85. The summed E-state index contributed by atoms with van der Waals surface area (Å²) >= 11 is 0. The van der Waals surface area contributed by atoms with Crippen molar-refractivity contribution < 1.29 is 28.2 Å². The number of nitrogens with zero attached hydrogens (tertiary/aromatic N) is 2. The Hall–Kier alpha value is -4.01. The van der Waals surface area contributed by atoms with Gasteiger partial charge in [-0.25, -0.2) is 9.37 Å². The first kappa shape index (κ1) is 20.3. The summed E-state index contributed by atoms with van der Waals surface area (Å²) in [6, 6.07) is 14.4. The molecule has 0 fully saturated rings. The number of halogens is 1. The lowest BCUT2D eigenvalue weighted by atomic mass is 10.3. The van der Waals surface area contributed by atoms with Crippen molar-refractivity contribution in [1.29, 1.82) is 0 Å². The Labute approximate surface area is 178 Å². The summed E-state index contributed by atoms with van der Waals surface area (Å²) < 4.78 is 34.7. The molecule has 0 radical (unpaired) electrons. The Kier molecular flexibility index (Phi) is 6.32. The van der Waals surface area contributed by atoms with Crippen LogP contribution in [0, 0.1) is 5.82 Å². The van der Waals surface area contributed by atoms with E-state index in [0.29, 0.717) is 54.1 Å². The molecule has 0 atom stereocenters. The van der Waals surface area contributed by atoms with Crippen molar-refractivity contribution in [2.75, 3.05) is 20.0 Å². The number of fused-ring (bicyclic) bond motifs is 1. The van der Waals surface area contributed by atoms with Gasteiger partial charge in [0.2, 0.25) is 12.7 Å². The van der Waals surface area contributed by atoms with Gasteiger partial charge in [-0.05, 0) is 42.5 Å². The SMILES string of the molecule is N/C(=N/OCCCOc1ccc2c(c1)OCO2)c1ccc(Oc2ccc(F)cc2)nc1. The zero-order valence-corrected chi connectivity index (χ0v) is 16.5. The standard InChI is InChI=1S/C22H20FN3O5/c23-16-3-5-17(6-4-16)31-21-9-2-15(13-25-21)22(24)26-30-11-1-10-27-18-7-8-19-20(12-18)29-14-28-19/h2-9,12-13H,1,10-11,14H2,(H2,24,26). The van der Waals surface area contributed by atoms with Crippen molar-refractivity contribution in [3.63, 3.8) is 0 Å². The highest BCUT2D eigenvalue weighted by Gasteiger charge is 2.13. The van der Waals surface area contributed by atoms with Gasteiger partial charge in [0.1, 0.15) is 23.9 Å². The molecular weight excluding hydrogens is 405 g/mol. The third kappa shape index (κ3) is 5.53. The topological polar surface area (TPSA) is 97.4 Å². The summed E-state index contributed by atoms with van der Waals surface area (Å²) in [5, 5.41) is 3.89. The molecule has 9 heteroatoms. The van der Waals surface area contributed by atoms with Gasteiger partial charge < -0.3 is 29.5 Å². The van der Waals surface area contributed by atoms with Crippen LogP contribution in [-0.2, 0) is 4.84 Å². The first-order valence-electron chi connectivity index (χ1n) is 9.55. The van der Waals surface area contributed by atoms with E-state index in [1.54, 1.807) is 18.2 Å². The number of rotatable bonds is 9. The van der Waals surface area contributed by atoms with Crippen molar-refractivity contribution in [2.24, 2.45) is 10.9 Å². The van der Waals surface area contributed by atoms with E-state index in [1.165, 1.54) is 30.5 Å². The molecule has 4 rings (SSSR count). The number of nitrogens with two attached hydrogens (primary N) is 1. The fraction of sp³-hybridized carbons (Fsp3) is 0.182. The molecule has 0 amide bonds. The van der Waals surface area contributed by atoms with Crippen LogP contribution in [0.3, 0.4) is 0 Å². The van der Waals surface area contributed by atoms with E-state index in [0.717, 1.165) is 0 Å². The zero-order chi connectivity index (χ0) is 21.5. The second kappa shape index (κ2) is 9.66. The van der Waals surface area contributed by atoms with E-state index < -0.39 is 0 Å². The summed E-state index contributed by atoms with van der Waals surface area (Å²) in [7, 11) is 0. The Morgan fingerprint density at radius 3 is 2.61 bits per heavy atom. The molecule has 0 saturated heterocycles. The van der Waals surface area contributed by atoms with Crippen LogP contribution >= 0.6 is 0 Å². The van der Waals surface area contributed by atoms with Gasteiger partial charge in [-0.2, -0.15) is 0 Å². The van der Waals surface area contributed by atoms with E-state index in [2.05, 4.69) is 10.1 Å². The van der Waals surface area contributed by atoms with E-state index in [4.69, 9.17) is 29.5 Å². The zero-order valence-electron chi connectivity index (χ0n) is 16.5. The molecule has 160 valence electrons. The van der Waals surface area contributed by atoms with Gasteiger partial charge in [0.05, 0.1) is 6.61 Å². The molecule has 2 aromatic carbocycles. The minimum absolute atomic E-state index is 0.192. The number of aromatic nitrogens is 1. The molecule has 1 aliphatic heterocycles. The predicted molar refractivity (Wildman–Crippen MR) is 110 cm³/mol. The molecule has 1 aromatic heterocycles. The number of pyridine rings is 1. The Balaban J connectivity index is 1.19. The molecule has 0 spiro atoms. The molecule has 3 aromatic rings. The Morgan fingerprint density at radius 1 is 1.00 bits per heavy atom. The van der Waals surface area contributed by atoms with Gasteiger partial charge in [-0.3, -0.25) is 0 Å². The number of amidine groups is 1. The van der Waals surface area contributed by atoms with Crippen molar-refractivity contribution >= 4 is 5.84 Å². The summed E-state index contributed by atoms with van der Waals surface area (Å²) in [4.78, 5) is 9.40. The Bertz CT molecular complexity index is 1040. The maximum absolute atomic E-state index is 12.9. The van der Waals surface area contributed by atoms with Gasteiger partial charge in [0.15, 0.2) is 17.3 Å². The third-order valence-corrected chi connectivity index (χ3v) is 4.22. The van der Waals surface area contributed by atoms with E-state index in [9.17, 15) is 4.39 Å². The van der Waals surface area contributed by atoms with E-state index >= 15 is 0 Å². The lowest BCUT2D eigenvalue weighted by Gasteiger charge is -2.07. The molecular formula is C22H20FN3O5. The summed E-state index contributed by atoms with van der Waals surface area (Å²) in [5.41, 5.74) is 6.50. The highest BCUT2D eigenvalue weighted by Crippen LogP contribution is 2.35. The average molecular weight is 425 g/mol. The molecule has 0 unspecified atom stereocenters. The fourth-order valence-corrected chi connectivity index (χ4v) is 2.66. The second-order valence-electron chi connectivity index (χ2n) is 6.47. The monoisotopic (exact) mass is 425 g/mol. The quantitative estimate of drug-likeness (QED) is 0.241. The van der Waals surface area contributed by atoms with Gasteiger partial charge >= 0.3 is 0 Å².